The Morgan fingerprint density at radius 1 is 1.38 bits per heavy atom. The van der Waals surface area contributed by atoms with Crippen molar-refractivity contribution in [3.63, 3.8) is 0 Å². The van der Waals surface area contributed by atoms with Gasteiger partial charge in [-0.2, -0.15) is 0 Å². The van der Waals surface area contributed by atoms with Crippen molar-refractivity contribution in [2.24, 2.45) is 0 Å². The normalized spacial score (nSPS) is 23.9. The van der Waals surface area contributed by atoms with E-state index in [4.69, 9.17) is 4.74 Å². The zero-order valence-corrected chi connectivity index (χ0v) is 13.1. The summed E-state index contributed by atoms with van der Waals surface area (Å²) in [6.45, 7) is 3.07. The molecule has 0 radical (unpaired) electrons. The molecule has 0 N–H and O–H groups in total. The van der Waals surface area contributed by atoms with Gasteiger partial charge in [0.25, 0.3) is 0 Å². The van der Waals surface area contributed by atoms with Crippen LogP contribution < -0.4 is 0 Å². The number of hydrogen-bond donors (Lipinski definition) is 0. The number of hydrogen-bond acceptors (Lipinski definition) is 3. The summed E-state index contributed by atoms with van der Waals surface area (Å²) in [5, 5.41) is 0. The van der Waals surface area contributed by atoms with Crippen LogP contribution in [0.1, 0.15) is 36.1 Å². The van der Waals surface area contributed by atoms with E-state index in [1.807, 2.05) is 11.8 Å². The summed E-state index contributed by atoms with van der Waals surface area (Å²) < 4.78 is 5.26. The molecule has 0 unspecified atom stereocenters. The number of carbonyl (C=O) groups excluding carboxylic acids is 1. The Bertz CT molecular complexity index is 542. The molecule has 21 heavy (non-hydrogen) atoms. The molecule has 3 rings (SSSR count). The van der Waals surface area contributed by atoms with Gasteiger partial charge < -0.3 is 14.5 Å². The van der Waals surface area contributed by atoms with Gasteiger partial charge in [0.15, 0.2) is 0 Å². The highest BCUT2D eigenvalue weighted by Crippen LogP contribution is 2.41. The molecule has 0 fully saturated rings. The van der Waals surface area contributed by atoms with Crippen LogP contribution in [0.3, 0.4) is 0 Å². The fraction of sp³-hybridized carbons (Fsp3) is 0.588. The maximum atomic E-state index is 12.3. The lowest BCUT2D eigenvalue weighted by Crippen LogP contribution is -2.46. The largest absolute Gasteiger partial charge is 0.450 e. The summed E-state index contributed by atoms with van der Waals surface area (Å²) in [6.07, 6.45) is 2.84. The summed E-state index contributed by atoms with van der Waals surface area (Å²) in [4.78, 5) is 16.5. The summed E-state index contributed by atoms with van der Waals surface area (Å²) >= 11 is 0. The van der Waals surface area contributed by atoms with Gasteiger partial charge in [-0.15, -0.1) is 0 Å². The van der Waals surface area contributed by atoms with Crippen LogP contribution in [0.4, 0.5) is 4.79 Å². The maximum absolute atomic E-state index is 12.3. The van der Waals surface area contributed by atoms with E-state index in [2.05, 4.69) is 37.2 Å². The number of rotatable bonds is 2. The molecule has 2 atom stereocenters. The van der Waals surface area contributed by atoms with Crippen LogP contribution in [-0.2, 0) is 17.6 Å². The zero-order valence-electron chi connectivity index (χ0n) is 13.1. The van der Waals surface area contributed by atoms with Gasteiger partial charge in [0.2, 0.25) is 0 Å². The predicted octanol–water partition coefficient (Wildman–Crippen LogP) is 2.62. The van der Waals surface area contributed by atoms with Gasteiger partial charge in [-0.05, 0) is 57.0 Å². The predicted molar refractivity (Wildman–Crippen MR) is 82.4 cm³/mol. The summed E-state index contributed by atoms with van der Waals surface area (Å²) in [6, 6.07) is 7.24. The van der Waals surface area contributed by atoms with E-state index >= 15 is 0 Å². The highest BCUT2D eigenvalue weighted by Gasteiger charge is 2.38. The molecule has 0 spiro atoms. The van der Waals surface area contributed by atoms with E-state index in [0.29, 0.717) is 12.6 Å². The first-order valence-corrected chi connectivity index (χ1v) is 7.82. The van der Waals surface area contributed by atoms with E-state index in [9.17, 15) is 4.79 Å². The lowest BCUT2D eigenvalue weighted by atomic mass is 9.78. The van der Waals surface area contributed by atoms with Crippen molar-refractivity contribution in [2.45, 2.75) is 38.3 Å². The minimum absolute atomic E-state index is 0.164. The fourth-order valence-corrected chi connectivity index (χ4v) is 3.70. The Hall–Kier alpha value is -1.55. The molecule has 114 valence electrons. The Balaban J connectivity index is 1.98. The Morgan fingerprint density at radius 3 is 2.86 bits per heavy atom. The van der Waals surface area contributed by atoms with Crippen LogP contribution in [-0.4, -0.2) is 49.2 Å². The topological polar surface area (TPSA) is 32.8 Å². The molecule has 0 saturated heterocycles. The van der Waals surface area contributed by atoms with E-state index in [-0.39, 0.29) is 12.1 Å². The quantitative estimate of drug-likeness (QED) is 0.838. The molecule has 4 nitrogen and oxygen atoms in total. The van der Waals surface area contributed by atoms with Crippen LogP contribution in [0.25, 0.3) is 0 Å². The maximum Gasteiger partial charge on any atom is 0.410 e. The number of amides is 1. The summed E-state index contributed by atoms with van der Waals surface area (Å²) in [7, 11) is 4.24. The second-order valence-electron chi connectivity index (χ2n) is 6.21. The van der Waals surface area contributed by atoms with Crippen molar-refractivity contribution in [2.75, 3.05) is 27.2 Å². The molecule has 1 aromatic rings. The summed E-state index contributed by atoms with van der Waals surface area (Å²) in [5.41, 5.74) is 4.20. The highest BCUT2D eigenvalue weighted by atomic mass is 16.6. The third-order valence-electron chi connectivity index (χ3n) is 4.80. The van der Waals surface area contributed by atoms with Gasteiger partial charge in [-0.25, -0.2) is 4.79 Å². The first-order chi connectivity index (χ1) is 10.1. The monoisotopic (exact) mass is 288 g/mol. The Morgan fingerprint density at radius 2 is 2.14 bits per heavy atom. The molecule has 2 aliphatic rings. The van der Waals surface area contributed by atoms with Crippen molar-refractivity contribution in [3.05, 3.63) is 34.9 Å². The smallest absolute Gasteiger partial charge is 0.410 e. The molecular weight excluding hydrogens is 264 g/mol. The molecule has 4 heteroatoms. The number of benzene rings is 1. The zero-order chi connectivity index (χ0) is 15.0. The van der Waals surface area contributed by atoms with Crippen molar-refractivity contribution >= 4 is 6.09 Å². The second-order valence-corrected chi connectivity index (χ2v) is 6.21. The fourth-order valence-electron chi connectivity index (χ4n) is 3.70. The van der Waals surface area contributed by atoms with Gasteiger partial charge in [0.05, 0.1) is 12.6 Å². The minimum atomic E-state index is -0.164. The van der Waals surface area contributed by atoms with Crippen LogP contribution in [0, 0.1) is 0 Å². The van der Waals surface area contributed by atoms with E-state index in [1.54, 1.807) is 0 Å². The Labute approximate surface area is 126 Å². The van der Waals surface area contributed by atoms with Crippen molar-refractivity contribution in [1.82, 2.24) is 9.80 Å². The van der Waals surface area contributed by atoms with E-state index in [1.165, 1.54) is 16.7 Å². The third kappa shape index (κ3) is 2.53. The van der Waals surface area contributed by atoms with Crippen LogP contribution >= 0.6 is 0 Å². The second kappa shape index (κ2) is 5.68. The van der Waals surface area contributed by atoms with E-state index in [0.717, 1.165) is 25.8 Å². The SMILES string of the molecule is CCOC(=O)N1CCc2cccc3c2[C@@H]1C[C@@H](N(C)C)C3. The van der Waals surface area contributed by atoms with Crippen LogP contribution in [0.15, 0.2) is 18.2 Å². The lowest BCUT2D eigenvalue weighted by molar-refractivity contribution is 0.0731. The number of likely N-dealkylation sites (N-methyl/N-ethyl adjacent to an activating group) is 1. The molecule has 1 aliphatic heterocycles. The van der Waals surface area contributed by atoms with Crippen molar-refractivity contribution in [3.8, 4) is 0 Å². The standard InChI is InChI=1S/C17H24N2O2/c1-4-21-17(20)19-9-8-12-6-5-7-13-10-14(18(2)3)11-15(19)16(12)13/h5-7,14-15H,4,8-11H2,1-3H3/t14-,15-/m0/s1. The van der Waals surface area contributed by atoms with Gasteiger partial charge in [-0.1, -0.05) is 18.2 Å². The van der Waals surface area contributed by atoms with E-state index < -0.39 is 0 Å². The number of nitrogens with zero attached hydrogens (tertiary/aromatic N) is 2. The molecule has 1 amide bonds. The van der Waals surface area contributed by atoms with Gasteiger partial charge in [-0.3, -0.25) is 0 Å². The van der Waals surface area contributed by atoms with Gasteiger partial charge in [0, 0.05) is 12.6 Å². The summed E-state index contributed by atoms with van der Waals surface area (Å²) in [5.74, 6) is 0. The molecule has 1 aliphatic carbocycles. The Kier molecular flexibility index (Phi) is 3.89. The first kappa shape index (κ1) is 14.4. The molecule has 0 aromatic heterocycles. The van der Waals surface area contributed by atoms with Gasteiger partial charge >= 0.3 is 6.09 Å². The highest BCUT2D eigenvalue weighted by molar-refractivity contribution is 5.69. The lowest BCUT2D eigenvalue weighted by Gasteiger charge is -2.44. The average Bonchev–Trinajstić information content (AvgIpc) is 2.47. The molecule has 0 bridgehead atoms. The number of ether oxygens (including phenoxy) is 1. The van der Waals surface area contributed by atoms with Crippen LogP contribution in [0.5, 0.6) is 0 Å². The van der Waals surface area contributed by atoms with Gasteiger partial charge in [0.1, 0.15) is 0 Å². The molecule has 1 heterocycles. The third-order valence-corrected chi connectivity index (χ3v) is 4.80. The first-order valence-electron chi connectivity index (χ1n) is 7.82. The molecular formula is C17H24N2O2. The average molecular weight is 288 g/mol. The van der Waals surface area contributed by atoms with Crippen LogP contribution in [0.2, 0.25) is 0 Å². The van der Waals surface area contributed by atoms with Crippen molar-refractivity contribution in [1.29, 1.82) is 0 Å². The van der Waals surface area contributed by atoms with Crippen molar-refractivity contribution < 1.29 is 9.53 Å². The molecule has 0 saturated carbocycles. The minimum Gasteiger partial charge on any atom is -0.450 e. The molecule has 1 aromatic carbocycles. The number of carbonyl (C=O) groups is 1.